The van der Waals surface area contributed by atoms with E-state index >= 15 is 0 Å². The highest BCUT2D eigenvalue weighted by atomic mass is 16.5. The number of nitriles is 1. The number of hydrogen-bond acceptors (Lipinski definition) is 3. The summed E-state index contributed by atoms with van der Waals surface area (Å²) in [4.78, 5) is 2.41. The predicted octanol–water partition coefficient (Wildman–Crippen LogP) is 2.95. The predicted molar refractivity (Wildman–Crippen MR) is 75.1 cm³/mol. The Hall–Kier alpha value is -1.53. The molecule has 2 atom stereocenters. The normalized spacial score (nSPS) is 30.5. The number of hydrogen-bond donors (Lipinski definition) is 0. The summed E-state index contributed by atoms with van der Waals surface area (Å²) in [6, 6.07) is 10.1. The van der Waals surface area contributed by atoms with Gasteiger partial charge in [0.05, 0.1) is 23.8 Å². The smallest absolute Gasteiger partial charge is 0.0991 e. The van der Waals surface area contributed by atoms with E-state index in [2.05, 4.69) is 30.0 Å². The van der Waals surface area contributed by atoms with Crippen LogP contribution in [0, 0.1) is 17.2 Å². The minimum absolute atomic E-state index is 0.0750. The second kappa shape index (κ2) is 4.86. The first-order valence-corrected chi connectivity index (χ1v) is 7.10. The second-order valence-electron chi connectivity index (χ2n) is 5.99. The van der Waals surface area contributed by atoms with Crippen molar-refractivity contribution >= 4 is 5.69 Å². The van der Waals surface area contributed by atoms with Crippen LogP contribution in [0.15, 0.2) is 24.3 Å². The molecule has 3 heteroatoms. The van der Waals surface area contributed by atoms with Crippen LogP contribution in [0.25, 0.3) is 0 Å². The number of rotatable bonds is 1. The van der Waals surface area contributed by atoms with Crippen molar-refractivity contribution in [3.8, 4) is 6.07 Å². The van der Waals surface area contributed by atoms with Gasteiger partial charge in [0.2, 0.25) is 0 Å². The standard InChI is InChI=1S/C16H20N2O/c1-13-9-16(19-11-13)7-2-8-18(12-16)15-5-3-14(10-17)4-6-15/h3-6,13H,2,7-9,11-12H2,1H3/t13-,16-/m0/s1. The molecule has 19 heavy (non-hydrogen) atoms. The lowest BCUT2D eigenvalue weighted by Crippen LogP contribution is -2.48. The Labute approximate surface area is 114 Å². The topological polar surface area (TPSA) is 36.3 Å². The van der Waals surface area contributed by atoms with Gasteiger partial charge in [0.15, 0.2) is 0 Å². The van der Waals surface area contributed by atoms with Gasteiger partial charge in [0.25, 0.3) is 0 Å². The van der Waals surface area contributed by atoms with Crippen LogP contribution in [0.1, 0.15) is 31.7 Å². The maximum atomic E-state index is 8.85. The van der Waals surface area contributed by atoms with Gasteiger partial charge in [-0.1, -0.05) is 6.92 Å². The summed E-state index contributed by atoms with van der Waals surface area (Å²) in [6.45, 7) is 5.26. The Balaban J connectivity index is 1.76. The summed E-state index contributed by atoms with van der Waals surface area (Å²) in [7, 11) is 0. The third-order valence-electron chi connectivity index (χ3n) is 4.30. The van der Waals surface area contributed by atoms with Crippen molar-refractivity contribution in [3.05, 3.63) is 29.8 Å². The molecule has 1 spiro atoms. The van der Waals surface area contributed by atoms with E-state index in [4.69, 9.17) is 10.00 Å². The SMILES string of the molecule is C[C@@H]1CO[C@@]2(CCCN(c3ccc(C#N)cc3)C2)C1. The molecule has 3 rings (SSSR count). The summed E-state index contributed by atoms with van der Waals surface area (Å²) >= 11 is 0. The maximum Gasteiger partial charge on any atom is 0.0991 e. The second-order valence-corrected chi connectivity index (χ2v) is 5.99. The molecule has 2 aliphatic heterocycles. The molecule has 0 saturated carbocycles. The quantitative estimate of drug-likeness (QED) is 0.775. The lowest BCUT2D eigenvalue weighted by Gasteiger charge is -2.41. The van der Waals surface area contributed by atoms with Crippen molar-refractivity contribution in [1.82, 2.24) is 0 Å². The molecule has 0 unspecified atom stereocenters. The fourth-order valence-corrected chi connectivity index (χ4v) is 3.42. The Kier molecular flexibility index (Phi) is 3.20. The van der Waals surface area contributed by atoms with Crippen LogP contribution in [0.5, 0.6) is 0 Å². The number of piperidine rings is 1. The summed E-state index contributed by atoms with van der Waals surface area (Å²) in [5.41, 5.74) is 2.01. The van der Waals surface area contributed by atoms with Crippen LogP contribution in [-0.4, -0.2) is 25.3 Å². The van der Waals surface area contributed by atoms with Crippen molar-refractivity contribution < 1.29 is 4.74 Å². The fraction of sp³-hybridized carbons (Fsp3) is 0.562. The highest BCUT2D eigenvalue weighted by Crippen LogP contribution is 2.38. The summed E-state index contributed by atoms with van der Waals surface area (Å²) in [6.07, 6.45) is 3.55. The number of benzene rings is 1. The molecular formula is C16H20N2O. The van der Waals surface area contributed by atoms with Crippen LogP contribution >= 0.6 is 0 Å². The molecule has 0 aromatic heterocycles. The van der Waals surface area contributed by atoms with Gasteiger partial charge in [-0.15, -0.1) is 0 Å². The average Bonchev–Trinajstić information content (AvgIpc) is 2.79. The van der Waals surface area contributed by atoms with E-state index < -0.39 is 0 Å². The van der Waals surface area contributed by atoms with E-state index in [1.54, 1.807) is 0 Å². The number of nitrogens with zero attached hydrogens (tertiary/aromatic N) is 2. The van der Waals surface area contributed by atoms with Gasteiger partial charge in [-0.05, 0) is 49.4 Å². The van der Waals surface area contributed by atoms with Crippen LogP contribution in [0.4, 0.5) is 5.69 Å². The lowest BCUT2D eigenvalue weighted by atomic mass is 9.87. The molecular weight excluding hydrogens is 236 g/mol. The van der Waals surface area contributed by atoms with Gasteiger partial charge in [-0.3, -0.25) is 0 Å². The minimum atomic E-state index is 0.0750. The van der Waals surface area contributed by atoms with Crippen molar-refractivity contribution in [2.24, 2.45) is 5.92 Å². The van der Waals surface area contributed by atoms with Gasteiger partial charge in [0.1, 0.15) is 0 Å². The molecule has 2 aliphatic rings. The van der Waals surface area contributed by atoms with E-state index in [0.717, 1.165) is 25.3 Å². The largest absolute Gasteiger partial charge is 0.373 e. The van der Waals surface area contributed by atoms with Crippen molar-refractivity contribution in [1.29, 1.82) is 5.26 Å². The third kappa shape index (κ3) is 2.46. The molecule has 0 N–H and O–H groups in total. The molecule has 100 valence electrons. The van der Waals surface area contributed by atoms with Gasteiger partial charge >= 0.3 is 0 Å². The number of anilines is 1. The first-order valence-electron chi connectivity index (χ1n) is 7.10. The molecule has 2 saturated heterocycles. The van der Waals surface area contributed by atoms with Crippen LogP contribution < -0.4 is 4.90 Å². The summed E-state index contributed by atoms with van der Waals surface area (Å²) in [5.74, 6) is 0.681. The Morgan fingerprint density at radius 1 is 1.37 bits per heavy atom. The van der Waals surface area contributed by atoms with Gasteiger partial charge in [-0.2, -0.15) is 5.26 Å². The highest BCUT2D eigenvalue weighted by molar-refractivity contribution is 5.50. The number of ether oxygens (including phenoxy) is 1. The summed E-state index contributed by atoms with van der Waals surface area (Å²) in [5, 5.41) is 8.85. The highest BCUT2D eigenvalue weighted by Gasteiger charge is 2.42. The van der Waals surface area contributed by atoms with E-state index in [-0.39, 0.29) is 5.60 Å². The van der Waals surface area contributed by atoms with Gasteiger partial charge in [0, 0.05) is 18.8 Å². The average molecular weight is 256 g/mol. The maximum absolute atomic E-state index is 8.85. The zero-order valence-electron chi connectivity index (χ0n) is 11.4. The molecule has 1 aromatic rings. The first-order chi connectivity index (χ1) is 9.21. The molecule has 0 aliphatic carbocycles. The van der Waals surface area contributed by atoms with E-state index in [9.17, 15) is 0 Å². The minimum Gasteiger partial charge on any atom is -0.373 e. The first kappa shape index (κ1) is 12.5. The van der Waals surface area contributed by atoms with Crippen molar-refractivity contribution in [2.75, 3.05) is 24.6 Å². The Morgan fingerprint density at radius 3 is 2.79 bits per heavy atom. The van der Waals surface area contributed by atoms with Crippen molar-refractivity contribution in [3.63, 3.8) is 0 Å². The molecule has 0 amide bonds. The zero-order chi connectivity index (χ0) is 13.3. The van der Waals surface area contributed by atoms with E-state index in [1.165, 1.54) is 24.9 Å². The molecule has 2 heterocycles. The van der Waals surface area contributed by atoms with Crippen LogP contribution in [0.2, 0.25) is 0 Å². The monoisotopic (exact) mass is 256 g/mol. The molecule has 0 radical (unpaired) electrons. The molecule has 0 bridgehead atoms. The molecule has 3 nitrogen and oxygen atoms in total. The van der Waals surface area contributed by atoms with Gasteiger partial charge in [-0.25, -0.2) is 0 Å². The Morgan fingerprint density at radius 2 is 2.16 bits per heavy atom. The summed E-state index contributed by atoms with van der Waals surface area (Å²) < 4.78 is 6.10. The van der Waals surface area contributed by atoms with E-state index in [1.807, 2.05) is 12.1 Å². The zero-order valence-corrected chi connectivity index (χ0v) is 11.4. The lowest BCUT2D eigenvalue weighted by molar-refractivity contribution is -0.00685. The molecule has 2 fully saturated rings. The van der Waals surface area contributed by atoms with Crippen LogP contribution in [0.3, 0.4) is 0 Å². The third-order valence-corrected chi connectivity index (χ3v) is 4.30. The van der Waals surface area contributed by atoms with Gasteiger partial charge < -0.3 is 9.64 Å². The molecule has 1 aromatic carbocycles. The van der Waals surface area contributed by atoms with E-state index in [0.29, 0.717) is 5.92 Å². The van der Waals surface area contributed by atoms with Crippen molar-refractivity contribution in [2.45, 2.75) is 31.8 Å². The Bertz CT molecular complexity index is 486. The van der Waals surface area contributed by atoms with Crippen LogP contribution in [-0.2, 0) is 4.74 Å². The fourth-order valence-electron chi connectivity index (χ4n) is 3.42.